The summed E-state index contributed by atoms with van der Waals surface area (Å²) in [4.78, 5) is 16.4. The molecule has 0 N–H and O–H groups in total. The van der Waals surface area contributed by atoms with E-state index in [1.807, 2.05) is 24.3 Å². The summed E-state index contributed by atoms with van der Waals surface area (Å²) < 4.78 is 6.82. The second-order valence-electron chi connectivity index (χ2n) is 4.72. The van der Waals surface area contributed by atoms with Crippen molar-refractivity contribution >= 4 is 16.6 Å². The number of nitrogens with zero attached hydrogens (tertiary/aromatic N) is 4. The molecule has 0 fully saturated rings. The summed E-state index contributed by atoms with van der Waals surface area (Å²) in [7, 11) is 0. The molecule has 6 heteroatoms. The van der Waals surface area contributed by atoms with Gasteiger partial charge in [0.25, 0.3) is 0 Å². The first kappa shape index (κ1) is 12.3. The van der Waals surface area contributed by atoms with Gasteiger partial charge in [-0.15, -0.1) is 0 Å². The van der Waals surface area contributed by atoms with E-state index >= 15 is 0 Å². The number of aromatic nitrogens is 3. The minimum absolute atomic E-state index is 0.354. The molecule has 0 unspecified atom stereocenters. The second kappa shape index (κ2) is 4.53. The van der Waals surface area contributed by atoms with Gasteiger partial charge >= 0.3 is 5.63 Å². The summed E-state index contributed by atoms with van der Waals surface area (Å²) in [5, 5.41) is 14.0. The fourth-order valence-electron chi connectivity index (χ4n) is 2.41. The Morgan fingerprint density at radius 1 is 1.23 bits per heavy atom. The molecule has 0 atom stereocenters. The Bertz CT molecular complexity index is 1120. The van der Waals surface area contributed by atoms with E-state index in [1.54, 1.807) is 24.4 Å². The van der Waals surface area contributed by atoms with E-state index in [-0.39, 0.29) is 0 Å². The van der Waals surface area contributed by atoms with Gasteiger partial charge in [-0.05, 0) is 18.2 Å². The van der Waals surface area contributed by atoms with Gasteiger partial charge in [0.05, 0.1) is 17.5 Å². The van der Waals surface area contributed by atoms with Gasteiger partial charge in [-0.3, -0.25) is 0 Å². The molecule has 4 aromatic rings. The Morgan fingerprint density at radius 2 is 2.09 bits per heavy atom. The molecular weight excluding hydrogens is 280 g/mol. The van der Waals surface area contributed by atoms with E-state index in [0.717, 1.165) is 5.39 Å². The molecule has 6 nitrogen and oxygen atoms in total. The Morgan fingerprint density at radius 3 is 2.95 bits per heavy atom. The molecule has 3 heterocycles. The van der Waals surface area contributed by atoms with Gasteiger partial charge in [-0.2, -0.15) is 10.4 Å². The summed E-state index contributed by atoms with van der Waals surface area (Å²) in [5.41, 5.74) is 1.74. The Kier molecular flexibility index (Phi) is 2.53. The first-order valence-electron chi connectivity index (χ1n) is 6.54. The number of rotatable bonds is 1. The first-order chi connectivity index (χ1) is 10.8. The maximum absolute atomic E-state index is 12.3. The van der Waals surface area contributed by atoms with Gasteiger partial charge in [0.2, 0.25) is 0 Å². The summed E-state index contributed by atoms with van der Waals surface area (Å²) in [6.07, 6.45) is 2.97. The molecule has 0 saturated heterocycles. The van der Waals surface area contributed by atoms with Gasteiger partial charge in [0.15, 0.2) is 5.65 Å². The standard InChI is InChI=1S/C16H8N4O2/c17-8-11-9-19-20-13(5-6-18-15(11)20)12-7-10-3-1-2-4-14(10)22-16(12)21/h1-7,9H. The number of hydrogen-bond acceptors (Lipinski definition) is 5. The lowest BCUT2D eigenvalue weighted by Crippen LogP contribution is -2.07. The van der Waals surface area contributed by atoms with Gasteiger partial charge in [-0.1, -0.05) is 18.2 Å². The fourth-order valence-corrected chi connectivity index (χ4v) is 2.41. The van der Waals surface area contributed by atoms with Crippen molar-refractivity contribution in [3.05, 3.63) is 64.8 Å². The van der Waals surface area contributed by atoms with E-state index in [1.165, 1.54) is 10.7 Å². The molecule has 0 aliphatic rings. The molecule has 0 amide bonds. The topological polar surface area (TPSA) is 84.2 Å². The molecule has 104 valence electrons. The zero-order valence-electron chi connectivity index (χ0n) is 11.2. The van der Waals surface area contributed by atoms with Crippen LogP contribution < -0.4 is 5.63 Å². The molecule has 22 heavy (non-hydrogen) atoms. The van der Waals surface area contributed by atoms with Crippen LogP contribution in [0.15, 0.2) is 58.0 Å². The Labute approximate surface area is 123 Å². The third-order valence-electron chi connectivity index (χ3n) is 3.44. The highest BCUT2D eigenvalue weighted by Gasteiger charge is 2.14. The van der Waals surface area contributed by atoms with Crippen LogP contribution in [0, 0.1) is 11.3 Å². The van der Waals surface area contributed by atoms with Gasteiger partial charge in [0, 0.05) is 11.6 Å². The average Bonchev–Trinajstić information content (AvgIpc) is 2.97. The lowest BCUT2D eigenvalue weighted by Gasteiger charge is -2.04. The van der Waals surface area contributed by atoms with Crippen molar-refractivity contribution in [2.75, 3.05) is 0 Å². The summed E-state index contributed by atoms with van der Waals surface area (Å²) in [6.45, 7) is 0. The lowest BCUT2D eigenvalue weighted by molar-refractivity contribution is 0.562. The zero-order chi connectivity index (χ0) is 15.1. The smallest absolute Gasteiger partial charge is 0.345 e. The second-order valence-corrected chi connectivity index (χ2v) is 4.72. The third kappa shape index (κ3) is 1.70. The monoisotopic (exact) mass is 288 g/mol. The van der Waals surface area contributed by atoms with Crippen LogP contribution >= 0.6 is 0 Å². The van der Waals surface area contributed by atoms with Crippen molar-refractivity contribution < 1.29 is 4.42 Å². The van der Waals surface area contributed by atoms with Crippen LogP contribution in [0.1, 0.15) is 5.56 Å². The summed E-state index contributed by atoms with van der Waals surface area (Å²) in [6, 6.07) is 12.7. The molecule has 0 aliphatic carbocycles. The highest BCUT2D eigenvalue weighted by Crippen LogP contribution is 2.21. The SMILES string of the molecule is N#Cc1cnn2c(-c3cc4ccccc4oc3=O)ccnc12. The van der Waals surface area contributed by atoms with Gasteiger partial charge in [0.1, 0.15) is 17.2 Å². The van der Waals surface area contributed by atoms with Crippen molar-refractivity contribution in [1.82, 2.24) is 14.6 Å². The number of benzene rings is 1. The molecule has 0 bridgehead atoms. The summed E-state index contributed by atoms with van der Waals surface area (Å²) in [5.74, 6) is 0. The van der Waals surface area contributed by atoms with Gasteiger partial charge in [-0.25, -0.2) is 14.3 Å². The number of fused-ring (bicyclic) bond motifs is 2. The normalized spacial score (nSPS) is 10.9. The molecular formula is C16H8N4O2. The van der Waals surface area contributed by atoms with E-state index in [9.17, 15) is 4.79 Å². The number of para-hydroxylation sites is 1. The van der Waals surface area contributed by atoms with Crippen LogP contribution in [0.4, 0.5) is 0 Å². The van der Waals surface area contributed by atoms with Crippen LogP contribution in [0.3, 0.4) is 0 Å². The highest BCUT2D eigenvalue weighted by molar-refractivity contribution is 5.81. The Balaban J connectivity index is 2.07. The molecule has 1 aromatic carbocycles. The molecule has 0 saturated carbocycles. The van der Waals surface area contributed by atoms with E-state index in [0.29, 0.717) is 28.1 Å². The molecule has 0 radical (unpaired) electrons. The largest absolute Gasteiger partial charge is 0.422 e. The van der Waals surface area contributed by atoms with E-state index in [4.69, 9.17) is 9.68 Å². The quantitative estimate of drug-likeness (QED) is 0.502. The van der Waals surface area contributed by atoms with E-state index < -0.39 is 5.63 Å². The predicted molar refractivity (Wildman–Crippen MR) is 79.2 cm³/mol. The van der Waals surface area contributed by atoms with E-state index in [2.05, 4.69) is 10.1 Å². The molecule has 0 spiro atoms. The van der Waals surface area contributed by atoms with Crippen molar-refractivity contribution in [2.45, 2.75) is 0 Å². The average molecular weight is 288 g/mol. The first-order valence-corrected chi connectivity index (χ1v) is 6.54. The van der Waals surface area contributed by atoms with Crippen molar-refractivity contribution in [3.8, 4) is 17.3 Å². The third-order valence-corrected chi connectivity index (χ3v) is 3.44. The van der Waals surface area contributed by atoms with Crippen LogP contribution in [0.2, 0.25) is 0 Å². The van der Waals surface area contributed by atoms with Crippen molar-refractivity contribution in [2.24, 2.45) is 0 Å². The van der Waals surface area contributed by atoms with Crippen LogP contribution in [-0.2, 0) is 0 Å². The lowest BCUT2D eigenvalue weighted by atomic mass is 10.1. The van der Waals surface area contributed by atoms with Crippen LogP contribution in [-0.4, -0.2) is 14.6 Å². The minimum Gasteiger partial charge on any atom is -0.422 e. The Hall–Kier alpha value is -3.46. The van der Waals surface area contributed by atoms with Gasteiger partial charge < -0.3 is 4.42 Å². The number of nitriles is 1. The predicted octanol–water partition coefficient (Wildman–Crippen LogP) is 2.37. The van der Waals surface area contributed by atoms with Crippen molar-refractivity contribution in [3.63, 3.8) is 0 Å². The zero-order valence-corrected chi connectivity index (χ0v) is 11.2. The van der Waals surface area contributed by atoms with Crippen LogP contribution in [0.25, 0.3) is 27.9 Å². The molecule has 3 aromatic heterocycles. The molecule has 0 aliphatic heterocycles. The number of hydrogen-bond donors (Lipinski definition) is 0. The van der Waals surface area contributed by atoms with Crippen molar-refractivity contribution in [1.29, 1.82) is 5.26 Å². The molecule has 4 rings (SSSR count). The maximum Gasteiger partial charge on any atom is 0.345 e. The highest BCUT2D eigenvalue weighted by atomic mass is 16.4. The van der Waals surface area contributed by atoms with Crippen LogP contribution in [0.5, 0.6) is 0 Å². The fraction of sp³-hybridized carbons (Fsp3) is 0. The maximum atomic E-state index is 12.3. The summed E-state index contributed by atoms with van der Waals surface area (Å²) >= 11 is 0. The minimum atomic E-state index is -0.458.